The van der Waals surface area contributed by atoms with Gasteiger partial charge in [-0.25, -0.2) is 4.79 Å². The van der Waals surface area contributed by atoms with Crippen LogP contribution in [0.5, 0.6) is 0 Å². The number of carboxylic acid groups (broad SMARTS) is 1. The lowest BCUT2D eigenvalue weighted by Gasteiger charge is -2.25. The average Bonchev–Trinajstić information content (AvgIpc) is 2.70. The van der Waals surface area contributed by atoms with Crippen molar-refractivity contribution in [3.63, 3.8) is 0 Å². The molecule has 1 fully saturated rings. The monoisotopic (exact) mass is 322 g/mol. The van der Waals surface area contributed by atoms with E-state index >= 15 is 0 Å². The highest BCUT2D eigenvalue weighted by molar-refractivity contribution is 5.73. The van der Waals surface area contributed by atoms with Crippen molar-refractivity contribution in [2.75, 3.05) is 6.54 Å². The number of aliphatic carboxylic acids is 1. The zero-order valence-electron chi connectivity index (χ0n) is 13.3. The summed E-state index contributed by atoms with van der Waals surface area (Å²) < 4.78 is 9.84. The summed E-state index contributed by atoms with van der Waals surface area (Å²) in [4.78, 5) is 24.5. The van der Waals surface area contributed by atoms with Crippen molar-refractivity contribution in [2.24, 2.45) is 5.92 Å². The number of rotatable bonds is 6. The minimum Gasteiger partial charge on any atom is -0.480 e. The van der Waals surface area contributed by atoms with Gasteiger partial charge in [0.25, 0.3) is 0 Å². The van der Waals surface area contributed by atoms with E-state index in [1.807, 2.05) is 4.90 Å². The predicted octanol–water partition coefficient (Wildman–Crippen LogP) is 2.29. The second kappa shape index (κ2) is 7.97. The van der Waals surface area contributed by atoms with Crippen LogP contribution in [0.4, 0.5) is 0 Å². The van der Waals surface area contributed by atoms with Crippen LogP contribution in [0, 0.1) is 24.2 Å². The molecular weight excluding hydrogens is 300 g/mol. The van der Waals surface area contributed by atoms with Gasteiger partial charge in [-0.15, -0.1) is 0 Å². The molecule has 7 nitrogen and oxygen atoms in total. The van der Waals surface area contributed by atoms with Crippen LogP contribution in [0.25, 0.3) is 0 Å². The van der Waals surface area contributed by atoms with E-state index in [2.05, 4.69) is 6.07 Å². The largest absolute Gasteiger partial charge is 0.519 e. The van der Waals surface area contributed by atoms with Crippen molar-refractivity contribution in [3.8, 4) is 6.07 Å². The third kappa shape index (κ3) is 4.70. The van der Waals surface area contributed by atoms with Gasteiger partial charge in [-0.3, -0.25) is 9.69 Å². The first-order valence-electron chi connectivity index (χ1n) is 7.94. The Kier molecular flexibility index (Phi) is 5.99. The molecule has 23 heavy (non-hydrogen) atoms. The second-order valence-electron chi connectivity index (χ2n) is 6.04. The maximum absolute atomic E-state index is 11.6. The van der Waals surface area contributed by atoms with Gasteiger partial charge in [0.05, 0.1) is 12.6 Å². The van der Waals surface area contributed by atoms with Gasteiger partial charge in [-0.2, -0.15) is 5.26 Å². The first kappa shape index (κ1) is 17.3. The van der Waals surface area contributed by atoms with E-state index in [9.17, 15) is 14.7 Å². The lowest BCUT2D eigenvalue weighted by molar-refractivity contribution is -0.143. The number of unbranched alkanes of at least 4 members (excludes halogenated alkanes) is 1. The second-order valence-corrected chi connectivity index (χ2v) is 6.04. The Morgan fingerprint density at radius 1 is 1.39 bits per heavy atom. The molecule has 2 atom stereocenters. The molecule has 0 spiro atoms. The minimum absolute atomic E-state index is 0.263. The Morgan fingerprint density at radius 3 is 2.78 bits per heavy atom. The van der Waals surface area contributed by atoms with Crippen molar-refractivity contribution < 1.29 is 18.7 Å². The van der Waals surface area contributed by atoms with Gasteiger partial charge in [0.15, 0.2) is 5.76 Å². The maximum atomic E-state index is 11.6. The van der Waals surface area contributed by atoms with Crippen molar-refractivity contribution in [3.05, 3.63) is 22.1 Å². The van der Waals surface area contributed by atoms with Crippen LogP contribution in [0.15, 0.2) is 13.6 Å². The molecule has 1 saturated heterocycles. The highest BCUT2D eigenvalue weighted by Crippen LogP contribution is 2.27. The molecule has 0 amide bonds. The van der Waals surface area contributed by atoms with Gasteiger partial charge in [-0.1, -0.05) is 0 Å². The summed E-state index contributed by atoms with van der Waals surface area (Å²) in [6.07, 6.45) is 4.64. The Balaban J connectivity index is 2.04. The molecule has 126 valence electrons. The van der Waals surface area contributed by atoms with E-state index in [1.54, 1.807) is 6.92 Å². The van der Waals surface area contributed by atoms with E-state index < -0.39 is 17.8 Å². The SMILES string of the molecule is Cc1oc(=O)oc1CN1CCC(CCCC#N)CCC1C(=O)O. The molecule has 2 unspecified atom stereocenters. The number of hydrogen-bond acceptors (Lipinski definition) is 6. The molecule has 0 aromatic carbocycles. The molecule has 0 saturated carbocycles. The third-order valence-corrected chi connectivity index (χ3v) is 4.48. The molecule has 2 heterocycles. The Labute approximate surface area is 134 Å². The maximum Gasteiger partial charge on any atom is 0.519 e. The fourth-order valence-electron chi connectivity index (χ4n) is 3.16. The number of hydrogen-bond donors (Lipinski definition) is 1. The normalized spacial score (nSPS) is 22.4. The lowest BCUT2D eigenvalue weighted by atomic mass is 9.93. The molecule has 7 heteroatoms. The molecule has 1 aliphatic rings. The van der Waals surface area contributed by atoms with Crippen molar-refractivity contribution in [1.29, 1.82) is 5.26 Å². The molecule has 2 rings (SSSR count). The quantitative estimate of drug-likeness (QED) is 0.800. The summed E-state index contributed by atoms with van der Waals surface area (Å²) in [6.45, 7) is 2.53. The van der Waals surface area contributed by atoms with E-state index in [4.69, 9.17) is 14.1 Å². The van der Waals surface area contributed by atoms with E-state index in [0.29, 0.717) is 36.8 Å². The summed E-state index contributed by atoms with van der Waals surface area (Å²) in [6, 6.07) is 1.56. The predicted molar refractivity (Wildman–Crippen MR) is 80.6 cm³/mol. The van der Waals surface area contributed by atoms with E-state index in [-0.39, 0.29) is 6.54 Å². The smallest absolute Gasteiger partial charge is 0.480 e. The highest BCUT2D eigenvalue weighted by Gasteiger charge is 2.31. The lowest BCUT2D eigenvalue weighted by Crippen LogP contribution is -2.40. The third-order valence-electron chi connectivity index (χ3n) is 4.48. The molecule has 1 aromatic heterocycles. The Hall–Kier alpha value is -2.07. The van der Waals surface area contributed by atoms with Crippen LogP contribution in [-0.4, -0.2) is 28.6 Å². The topological polar surface area (TPSA) is 108 Å². The van der Waals surface area contributed by atoms with Gasteiger partial charge >= 0.3 is 11.8 Å². The Morgan fingerprint density at radius 2 is 2.17 bits per heavy atom. The first-order valence-corrected chi connectivity index (χ1v) is 7.94. The molecule has 0 radical (unpaired) electrons. The molecular formula is C16H22N2O5. The van der Waals surface area contributed by atoms with E-state index in [0.717, 1.165) is 25.7 Å². The first-order chi connectivity index (χ1) is 11.0. The molecule has 1 aliphatic heterocycles. The van der Waals surface area contributed by atoms with Crippen LogP contribution in [-0.2, 0) is 11.3 Å². The standard InChI is InChI=1S/C16H22N2O5/c1-11-14(23-16(21)22-11)10-18-9-7-12(4-2-3-8-17)5-6-13(18)15(19)20/h12-13H,2-7,9-10H2,1H3,(H,19,20). The number of likely N-dealkylation sites (tertiary alicyclic amines) is 1. The number of aryl methyl sites for hydroxylation is 1. The van der Waals surface area contributed by atoms with Crippen LogP contribution in [0.1, 0.15) is 50.0 Å². The summed E-state index contributed by atoms with van der Waals surface area (Å²) in [5.41, 5.74) is 0. The number of carbonyl (C=O) groups is 1. The number of carboxylic acids is 1. The molecule has 1 N–H and O–H groups in total. The van der Waals surface area contributed by atoms with Gasteiger partial charge in [0, 0.05) is 6.42 Å². The zero-order valence-corrected chi connectivity index (χ0v) is 13.3. The molecule has 0 bridgehead atoms. The fraction of sp³-hybridized carbons (Fsp3) is 0.688. The highest BCUT2D eigenvalue weighted by atomic mass is 16.6. The van der Waals surface area contributed by atoms with Gasteiger partial charge in [-0.05, 0) is 51.5 Å². The number of nitrogens with zero attached hydrogens (tertiary/aromatic N) is 2. The zero-order chi connectivity index (χ0) is 16.8. The summed E-state index contributed by atoms with van der Waals surface area (Å²) in [5.74, 6) is -0.384. The van der Waals surface area contributed by atoms with E-state index in [1.165, 1.54) is 0 Å². The summed E-state index contributed by atoms with van der Waals surface area (Å²) in [5, 5.41) is 18.1. The van der Waals surface area contributed by atoms with Crippen LogP contribution >= 0.6 is 0 Å². The van der Waals surface area contributed by atoms with Crippen molar-refractivity contribution in [2.45, 2.75) is 58.0 Å². The van der Waals surface area contributed by atoms with Gasteiger partial charge in [0.2, 0.25) is 0 Å². The summed E-state index contributed by atoms with van der Waals surface area (Å²) >= 11 is 0. The van der Waals surface area contributed by atoms with Crippen molar-refractivity contribution in [1.82, 2.24) is 4.90 Å². The van der Waals surface area contributed by atoms with Crippen LogP contribution in [0.2, 0.25) is 0 Å². The average molecular weight is 322 g/mol. The minimum atomic E-state index is -0.855. The fourth-order valence-corrected chi connectivity index (χ4v) is 3.16. The van der Waals surface area contributed by atoms with Crippen molar-refractivity contribution >= 4 is 5.97 Å². The van der Waals surface area contributed by atoms with Crippen LogP contribution < -0.4 is 5.82 Å². The van der Waals surface area contributed by atoms with Gasteiger partial charge in [0.1, 0.15) is 11.8 Å². The summed E-state index contributed by atoms with van der Waals surface area (Å²) in [7, 11) is 0. The Bertz CT molecular complexity index is 627. The number of nitriles is 1. The van der Waals surface area contributed by atoms with Gasteiger partial charge < -0.3 is 13.9 Å². The molecule has 1 aromatic rings. The van der Waals surface area contributed by atoms with Crippen LogP contribution in [0.3, 0.4) is 0 Å². The molecule has 0 aliphatic carbocycles.